The van der Waals surface area contributed by atoms with Gasteiger partial charge in [-0.3, -0.25) is 10.1 Å². The van der Waals surface area contributed by atoms with E-state index in [2.05, 4.69) is 4.98 Å². The van der Waals surface area contributed by atoms with Crippen molar-refractivity contribution in [3.63, 3.8) is 0 Å². The van der Waals surface area contributed by atoms with Crippen molar-refractivity contribution in [2.75, 3.05) is 18.5 Å². The number of hydrogen-bond acceptors (Lipinski definition) is 6. The third-order valence-corrected chi connectivity index (χ3v) is 2.13. The maximum absolute atomic E-state index is 10.7. The fraction of sp³-hybridized carbons (Fsp3) is 0.400. The Hall–Kier alpha value is -2.20. The second-order valence-corrected chi connectivity index (χ2v) is 3.66. The molecule has 0 saturated carbocycles. The summed E-state index contributed by atoms with van der Waals surface area (Å²) >= 11 is 0. The molecular weight excluding hydrogens is 224 g/mol. The van der Waals surface area contributed by atoms with E-state index in [1.54, 1.807) is 24.9 Å². The van der Waals surface area contributed by atoms with E-state index in [1.165, 1.54) is 12.3 Å². The van der Waals surface area contributed by atoms with Gasteiger partial charge in [-0.05, 0) is 6.92 Å². The lowest BCUT2D eigenvalue weighted by atomic mass is 10.2. The van der Waals surface area contributed by atoms with E-state index in [4.69, 9.17) is 5.26 Å². The minimum atomic E-state index is -0.648. The quantitative estimate of drug-likeness (QED) is 0.609. The molecule has 0 aromatic carbocycles. The molecule has 1 aromatic rings. The summed E-state index contributed by atoms with van der Waals surface area (Å²) in [5.74, 6) is 0. The lowest BCUT2D eigenvalue weighted by Crippen LogP contribution is -2.27. The van der Waals surface area contributed by atoms with Crippen LogP contribution in [0.4, 0.5) is 11.4 Å². The van der Waals surface area contributed by atoms with Crippen LogP contribution < -0.4 is 4.90 Å². The predicted octanol–water partition coefficient (Wildman–Crippen LogP) is 0.678. The number of aromatic nitrogens is 1. The summed E-state index contributed by atoms with van der Waals surface area (Å²) < 4.78 is 0. The molecule has 7 nitrogen and oxygen atoms in total. The van der Waals surface area contributed by atoms with Gasteiger partial charge in [0.2, 0.25) is 5.69 Å². The molecule has 0 spiro atoms. The van der Waals surface area contributed by atoms with Crippen molar-refractivity contribution < 1.29 is 10.0 Å². The normalized spacial score (nSPS) is 11.6. The molecule has 0 saturated heterocycles. The van der Waals surface area contributed by atoms with Crippen LogP contribution in [0.1, 0.15) is 12.6 Å². The van der Waals surface area contributed by atoms with Crippen LogP contribution in [-0.4, -0.2) is 34.7 Å². The second-order valence-electron chi connectivity index (χ2n) is 3.66. The van der Waals surface area contributed by atoms with Crippen LogP contribution in [-0.2, 0) is 0 Å². The summed E-state index contributed by atoms with van der Waals surface area (Å²) in [4.78, 5) is 15.4. The first-order valence-corrected chi connectivity index (χ1v) is 4.89. The molecule has 1 aromatic heterocycles. The molecule has 17 heavy (non-hydrogen) atoms. The van der Waals surface area contributed by atoms with Crippen molar-refractivity contribution in [1.29, 1.82) is 5.26 Å². The van der Waals surface area contributed by atoms with Crippen LogP contribution in [0.5, 0.6) is 0 Å². The van der Waals surface area contributed by atoms with E-state index in [-0.39, 0.29) is 11.4 Å². The molecule has 90 valence electrons. The highest BCUT2D eigenvalue weighted by Gasteiger charge is 2.17. The van der Waals surface area contributed by atoms with Gasteiger partial charge >= 0.3 is 5.69 Å². The van der Waals surface area contributed by atoms with E-state index in [0.717, 1.165) is 0 Å². The fourth-order valence-electron chi connectivity index (χ4n) is 1.38. The van der Waals surface area contributed by atoms with Gasteiger partial charge in [-0.2, -0.15) is 5.26 Å². The first-order chi connectivity index (χ1) is 7.95. The van der Waals surface area contributed by atoms with Crippen LogP contribution in [0.3, 0.4) is 0 Å². The van der Waals surface area contributed by atoms with Crippen LogP contribution in [0.15, 0.2) is 12.3 Å². The van der Waals surface area contributed by atoms with Crippen molar-refractivity contribution in [3.05, 3.63) is 28.1 Å². The maximum atomic E-state index is 10.7. The number of likely N-dealkylation sites (N-methyl/N-ethyl adjacent to an activating group) is 1. The van der Waals surface area contributed by atoms with Crippen molar-refractivity contribution >= 4 is 11.4 Å². The molecule has 1 heterocycles. The van der Waals surface area contributed by atoms with Gasteiger partial charge in [0.05, 0.1) is 22.9 Å². The Kier molecular flexibility index (Phi) is 3.96. The molecule has 1 rings (SSSR count). The number of rotatable bonds is 4. The number of aliphatic hydroxyl groups is 1. The van der Waals surface area contributed by atoms with Gasteiger partial charge < -0.3 is 10.0 Å². The molecule has 1 atom stereocenters. The average Bonchev–Trinajstić information content (AvgIpc) is 2.27. The number of nitriles is 1. The van der Waals surface area contributed by atoms with Gasteiger partial charge in [0.15, 0.2) is 0 Å². The zero-order chi connectivity index (χ0) is 13.0. The third-order valence-electron chi connectivity index (χ3n) is 2.13. The van der Waals surface area contributed by atoms with Crippen LogP contribution in [0, 0.1) is 21.4 Å². The zero-order valence-electron chi connectivity index (χ0n) is 9.49. The van der Waals surface area contributed by atoms with Crippen molar-refractivity contribution in [3.8, 4) is 6.07 Å². The number of pyridine rings is 1. The molecule has 0 unspecified atom stereocenters. The summed E-state index contributed by atoms with van der Waals surface area (Å²) in [6.07, 6.45) is 0.809. The third kappa shape index (κ3) is 3.12. The molecule has 0 aliphatic heterocycles. The molecule has 0 bridgehead atoms. The standard InChI is InChI=1S/C10H12N4O3/c1-7(15)6-13(2)8-3-10(14(16)17)9(4-11)12-5-8/h3,5,7,15H,6H2,1-2H3/t7-/m0/s1. The summed E-state index contributed by atoms with van der Waals surface area (Å²) in [5.41, 5.74) is -0.0664. The van der Waals surface area contributed by atoms with Gasteiger partial charge in [-0.25, -0.2) is 4.98 Å². The van der Waals surface area contributed by atoms with Crippen molar-refractivity contribution in [2.24, 2.45) is 0 Å². The van der Waals surface area contributed by atoms with Gasteiger partial charge in [0.1, 0.15) is 6.07 Å². The van der Waals surface area contributed by atoms with Gasteiger partial charge in [0.25, 0.3) is 0 Å². The Morgan fingerprint density at radius 1 is 1.76 bits per heavy atom. The van der Waals surface area contributed by atoms with E-state index in [0.29, 0.717) is 12.2 Å². The number of nitrogens with zero attached hydrogens (tertiary/aromatic N) is 4. The first-order valence-electron chi connectivity index (χ1n) is 4.89. The topological polar surface area (TPSA) is 103 Å². The Balaban J connectivity index is 3.09. The zero-order valence-corrected chi connectivity index (χ0v) is 9.49. The first kappa shape index (κ1) is 12.9. The van der Waals surface area contributed by atoms with E-state index in [1.807, 2.05) is 0 Å². The molecule has 0 fully saturated rings. The average molecular weight is 236 g/mol. The van der Waals surface area contributed by atoms with E-state index in [9.17, 15) is 15.2 Å². The molecule has 7 heteroatoms. The van der Waals surface area contributed by atoms with Crippen molar-refractivity contribution in [2.45, 2.75) is 13.0 Å². The SMILES string of the molecule is C[C@H](O)CN(C)c1cnc(C#N)c([N+](=O)[O-])c1. The summed E-state index contributed by atoms with van der Waals surface area (Å²) in [5, 5.41) is 28.6. The number of aliphatic hydroxyl groups excluding tert-OH is 1. The minimum Gasteiger partial charge on any atom is -0.392 e. The molecule has 0 aliphatic rings. The van der Waals surface area contributed by atoms with Gasteiger partial charge in [0, 0.05) is 19.7 Å². The van der Waals surface area contributed by atoms with Gasteiger partial charge in [-0.15, -0.1) is 0 Å². The largest absolute Gasteiger partial charge is 0.392 e. The fourth-order valence-corrected chi connectivity index (χ4v) is 1.38. The molecule has 0 aliphatic carbocycles. The lowest BCUT2D eigenvalue weighted by Gasteiger charge is -2.20. The number of nitro groups is 1. The Bertz CT molecular complexity index is 467. The van der Waals surface area contributed by atoms with E-state index < -0.39 is 11.0 Å². The predicted molar refractivity (Wildman–Crippen MR) is 60.6 cm³/mol. The summed E-state index contributed by atoms with van der Waals surface area (Å²) in [6.45, 7) is 1.94. The number of anilines is 1. The number of hydrogen-bond donors (Lipinski definition) is 1. The second kappa shape index (κ2) is 5.23. The maximum Gasteiger partial charge on any atom is 0.307 e. The Morgan fingerprint density at radius 2 is 2.41 bits per heavy atom. The molecular formula is C10H12N4O3. The van der Waals surface area contributed by atoms with Crippen LogP contribution >= 0.6 is 0 Å². The summed E-state index contributed by atoms with van der Waals surface area (Å²) in [6, 6.07) is 2.93. The smallest absolute Gasteiger partial charge is 0.307 e. The van der Waals surface area contributed by atoms with E-state index >= 15 is 0 Å². The highest BCUT2D eigenvalue weighted by Crippen LogP contribution is 2.22. The Morgan fingerprint density at radius 3 is 2.88 bits per heavy atom. The van der Waals surface area contributed by atoms with Crippen LogP contribution in [0.25, 0.3) is 0 Å². The molecule has 0 amide bonds. The molecule has 1 N–H and O–H groups in total. The van der Waals surface area contributed by atoms with Crippen molar-refractivity contribution in [1.82, 2.24) is 4.98 Å². The van der Waals surface area contributed by atoms with Gasteiger partial charge in [-0.1, -0.05) is 0 Å². The minimum absolute atomic E-state index is 0.218. The van der Waals surface area contributed by atoms with Crippen LogP contribution in [0.2, 0.25) is 0 Å². The lowest BCUT2D eigenvalue weighted by molar-refractivity contribution is -0.385. The monoisotopic (exact) mass is 236 g/mol. The Labute approximate surface area is 98.1 Å². The highest BCUT2D eigenvalue weighted by atomic mass is 16.6. The summed E-state index contributed by atoms with van der Waals surface area (Å²) in [7, 11) is 1.68. The highest BCUT2D eigenvalue weighted by molar-refractivity contribution is 5.55. The molecule has 0 radical (unpaired) electrons.